The molecule has 0 nitrogen and oxygen atoms in total. The van der Waals surface area contributed by atoms with Crippen molar-refractivity contribution < 1.29 is 0 Å². The summed E-state index contributed by atoms with van der Waals surface area (Å²) in [4.78, 5) is 0. The largest absolute Gasteiger partial charge is 0.0856 e. The van der Waals surface area contributed by atoms with Crippen LogP contribution in [0.15, 0.2) is 11.6 Å². The molecule has 0 aliphatic carbocycles. The smallest absolute Gasteiger partial charge is 0.0323 e. The Labute approximate surface area is 104 Å². The highest BCUT2D eigenvalue weighted by atomic mass is 14.0. The fourth-order valence-electron chi connectivity index (χ4n) is 2.03. The zero-order valence-corrected chi connectivity index (χ0v) is 11.9. The summed E-state index contributed by atoms with van der Waals surface area (Å²) in [5, 5.41) is 0. The number of hydrogen-bond donors (Lipinski definition) is 0. The Kier molecular flexibility index (Phi) is 12.6. The molecule has 0 saturated carbocycles. The van der Waals surface area contributed by atoms with Crippen molar-refractivity contribution in [2.45, 2.75) is 91.4 Å². The monoisotopic (exact) mass is 224 g/mol. The summed E-state index contributed by atoms with van der Waals surface area (Å²) in [6.45, 7) is 6.85. The number of rotatable bonds is 11. The molecule has 16 heavy (non-hydrogen) atoms. The lowest BCUT2D eigenvalue weighted by Crippen LogP contribution is -1.81. The Hall–Kier alpha value is -0.260. The summed E-state index contributed by atoms with van der Waals surface area (Å²) in [7, 11) is 0. The van der Waals surface area contributed by atoms with Gasteiger partial charge in [-0.3, -0.25) is 0 Å². The molecule has 0 amide bonds. The zero-order valence-electron chi connectivity index (χ0n) is 11.9. The summed E-state index contributed by atoms with van der Waals surface area (Å²) in [5.41, 5.74) is 1.61. The molecule has 0 aliphatic rings. The molecule has 0 aromatic rings. The van der Waals surface area contributed by atoms with E-state index in [0.29, 0.717) is 0 Å². The third-order valence-electron chi connectivity index (χ3n) is 3.23. The fraction of sp³-hybridized carbons (Fsp3) is 0.875. The van der Waals surface area contributed by atoms with Gasteiger partial charge in [0.1, 0.15) is 0 Å². The van der Waals surface area contributed by atoms with Crippen molar-refractivity contribution in [2.24, 2.45) is 0 Å². The van der Waals surface area contributed by atoms with Crippen LogP contribution in [0.4, 0.5) is 0 Å². The second-order valence-electron chi connectivity index (χ2n) is 5.06. The van der Waals surface area contributed by atoms with E-state index in [9.17, 15) is 0 Å². The molecule has 0 saturated heterocycles. The lowest BCUT2D eigenvalue weighted by Gasteiger charge is -2.01. The highest BCUT2D eigenvalue weighted by Crippen LogP contribution is 2.12. The third-order valence-corrected chi connectivity index (χ3v) is 3.23. The van der Waals surface area contributed by atoms with Crippen LogP contribution >= 0.6 is 0 Å². The molecule has 0 heteroatoms. The molecule has 0 bridgehead atoms. The maximum atomic E-state index is 2.47. The predicted octanol–water partition coefficient (Wildman–Crippen LogP) is 6.26. The van der Waals surface area contributed by atoms with Gasteiger partial charge in [0, 0.05) is 0 Å². The van der Waals surface area contributed by atoms with Crippen LogP contribution in [0.1, 0.15) is 91.4 Å². The number of allylic oxidation sites excluding steroid dienone is 2. The minimum atomic E-state index is 1.31. The Morgan fingerprint density at radius 2 is 1.31 bits per heavy atom. The summed E-state index contributed by atoms with van der Waals surface area (Å²) < 4.78 is 0. The lowest BCUT2D eigenvalue weighted by molar-refractivity contribution is 0.610. The van der Waals surface area contributed by atoms with Crippen LogP contribution in [-0.2, 0) is 0 Å². The average molecular weight is 224 g/mol. The van der Waals surface area contributed by atoms with E-state index < -0.39 is 0 Å². The first kappa shape index (κ1) is 15.7. The molecule has 0 heterocycles. The van der Waals surface area contributed by atoms with Crippen molar-refractivity contribution >= 4 is 0 Å². The standard InChI is InChI=1S/C16H32/c1-4-6-8-9-10-11-13-15-16(3)14-12-7-5-2/h15H,4-14H2,1-3H3. The van der Waals surface area contributed by atoms with Gasteiger partial charge in [0.15, 0.2) is 0 Å². The van der Waals surface area contributed by atoms with Crippen LogP contribution in [0.5, 0.6) is 0 Å². The van der Waals surface area contributed by atoms with E-state index in [0.717, 1.165) is 0 Å². The molecule has 0 spiro atoms. The first-order valence-corrected chi connectivity index (χ1v) is 7.46. The van der Waals surface area contributed by atoms with E-state index in [1.54, 1.807) is 5.57 Å². The Bertz CT molecular complexity index is 155. The van der Waals surface area contributed by atoms with E-state index in [1.165, 1.54) is 70.6 Å². The number of unbranched alkanes of at least 4 members (excludes halogenated alkanes) is 8. The normalized spacial score (nSPS) is 12.1. The van der Waals surface area contributed by atoms with Crippen molar-refractivity contribution in [1.82, 2.24) is 0 Å². The van der Waals surface area contributed by atoms with Crippen LogP contribution < -0.4 is 0 Å². The van der Waals surface area contributed by atoms with Crippen LogP contribution in [0.2, 0.25) is 0 Å². The second-order valence-corrected chi connectivity index (χ2v) is 5.06. The van der Waals surface area contributed by atoms with Gasteiger partial charge in [-0.1, -0.05) is 70.4 Å². The van der Waals surface area contributed by atoms with Crippen LogP contribution in [-0.4, -0.2) is 0 Å². The molecule has 0 rings (SSSR count). The van der Waals surface area contributed by atoms with Gasteiger partial charge in [0.25, 0.3) is 0 Å². The SMILES string of the molecule is CCCCCCCCC=C(C)CCCCC. The van der Waals surface area contributed by atoms with Gasteiger partial charge in [-0.25, -0.2) is 0 Å². The highest BCUT2D eigenvalue weighted by Gasteiger charge is 1.91. The Balaban J connectivity index is 3.23. The second kappa shape index (κ2) is 12.8. The number of hydrogen-bond acceptors (Lipinski definition) is 0. The molecule has 0 N–H and O–H groups in total. The van der Waals surface area contributed by atoms with E-state index in [-0.39, 0.29) is 0 Å². The first-order chi connectivity index (χ1) is 7.81. The quantitative estimate of drug-likeness (QED) is 0.287. The van der Waals surface area contributed by atoms with Gasteiger partial charge < -0.3 is 0 Å². The van der Waals surface area contributed by atoms with E-state index in [1.807, 2.05) is 0 Å². The minimum Gasteiger partial charge on any atom is -0.0856 e. The Morgan fingerprint density at radius 1 is 0.750 bits per heavy atom. The topological polar surface area (TPSA) is 0 Å². The molecule has 96 valence electrons. The van der Waals surface area contributed by atoms with Gasteiger partial charge in [0.05, 0.1) is 0 Å². The summed E-state index contributed by atoms with van der Waals surface area (Å²) >= 11 is 0. The van der Waals surface area contributed by atoms with Crippen molar-refractivity contribution in [2.75, 3.05) is 0 Å². The zero-order chi connectivity index (χ0) is 12.1. The van der Waals surface area contributed by atoms with Crippen molar-refractivity contribution in [3.63, 3.8) is 0 Å². The van der Waals surface area contributed by atoms with Gasteiger partial charge in [-0.05, 0) is 32.6 Å². The first-order valence-electron chi connectivity index (χ1n) is 7.46. The van der Waals surface area contributed by atoms with Crippen molar-refractivity contribution in [1.29, 1.82) is 0 Å². The predicted molar refractivity (Wildman–Crippen MR) is 75.9 cm³/mol. The molecule has 0 aromatic carbocycles. The summed E-state index contributed by atoms with van der Waals surface area (Å²) in [6, 6.07) is 0. The molecule has 0 fully saturated rings. The van der Waals surface area contributed by atoms with E-state index >= 15 is 0 Å². The molecule has 0 atom stereocenters. The molecule has 0 aromatic heterocycles. The van der Waals surface area contributed by atoms with E-state index in [4.69, 9.17) is 0 Å². The third kappa shape index (κ3) is 11.8. The molecular weight excluding hydrogens is 192 g/mol. The maximum absolute atomic E-state index is 2.47. The molecular formula is C16H32. The Morgan fingerprint density at radius 3 is 2.00 bits per heavy atom. The van der Waals surface area contributed by atoms with Gasteiger partial charge in [-0.2, -0.15) is 0 Å². The van der Waals surface area contributed by atoms with Crippen LogP contribution in [0, 0.1) is 0 Å². The van der Waals surface area contributed by atoms with Crippen LogP contribution in [0.3, 0.4) is 0 Å². The summed E-state index contributed by atoms with van der Waals surface area (Å²) in [6.07, 6.45) is 17.7. The van der Waals surface area contributed by atoms with Gasteiger partial charge >= 0.3 is 0 Å². The maximum Gasteiger partial charge on any atom is -0.0323 e. The van der Waals surface area contributed by atoms with Gasteiger partial charge in [-0.15, -0.1) is 0 Å². The highest BCUT2D eigenvalue weighted by molar-refractivity contribution is 4.97. The minimum absolute atomic E-state index is 1.31. The van der Waals surface area contributed by atoms with Crippen molar-refractivity contribution in [3.8, 4) is 0 Å². The molecule has 0 unspecified atom stereocenters. The molecule has 0 aliphatic heterocycles. The van der Waals surface area contributed by atoms with Gasteiger partial charge in [0.2, 0.25) is 0 Å². The lowest BCUT2D eigenvalue weighted by atomic mass is 10.1. The van der Waals surface area contributed by atoms with Crippen molar-refractivity contribution in [3.05, 3.63) is 11.6 Å². The van der Waals surface area contributed by atoms with E-state index in [2.05, 4.69) is 26.8 Å². The van der Waals surface area contributed by atoms with Crippen LogP contribution in [0.25, 0.3) is 0 Å². The summed E-state index contributed by atoms with van der Waals surface area (Å²) in [5.74, 6) is 0. The molecule has 0 radical (unpaired) electrons. The average Bonchev–Trinajstić information content (AvgIpc) is 2.28. The fourth-order valence-corrected chi connectivity index (χ4v) is 2.03.